The van der Waals surface area contributed by atoms with Crippen molar-refractivity contribution in [3.8, 4) is 0 Å². The molecule has 0 amide bonds. The molecule has 5 nitrogen and oxygen atoms in total. The number of hydrogen-bond donors (Lipinski definition) is 2. The number of carboxylic acid groups (broad SMARTS) is 1. The molecule has 1 unspecified atom stereocenters. The second kappa shape index (κ2) is 4.12. The lowest BCUT2D eigenvalue weighted by Crippen LogP contribution is -2.34. The zero-order valence-electron chi connectivity index (χ0n) is 8.84. The van der Waals surface area contributed by atoms with Gasteiger partial charge >= 0.3 is 5.97 Å². The third-order valence-corrected chi connectivity index (χ3v) is 3.70. The molecule has 1 heterocycles. The van der Waals surface area contributed by atoms with Crippen LogP contribution in [0.5, 0.6) is 0 Å². The van der Waals surface area contributed by atoms with E-state index in [4.69, 9.17) is 9.84 Å². The molecular weight excluding hydrogens is 230 g/mol. The Labute approximate surface area is 96.7 Å². The first-order valence-corrected chi connectivity index (χ1v) is 5.83. The van der Waals surface area contributed by atoms with Crippen molar-refractivity contribution >= 4 is 17.3 Å². The summed E-state index contributed by atoms with van der Waals surface area (Å²) in [5, 5.41) is 21.1. The maximum atomic E-state index is 10.8. The Balaban J connectivity index is 2.19. The van der Waals surface area contributed by atoms with E-state index >= 15 is 0 Å². The lowest BCUT2D eigenvalue weighted by molar-refractivity contribution is -0.148. The third kappa shape index (κ3) is 1.83. The van der Waals surface area contributed by atoms with E-state index in [1.165, 1.54) is 11.3 Å². The smallest absolute Gasteiger partial charge is 0.333 e. The predicted molar refractivity (Wildman–Crippen MR) is 57.4 cm³/mol. The number of hydrogen-bond acceptors (Lipinski definition) is 5. The van der Waals surface area contributed by atoms with Crippen LogP contribution in [0.1, 0.15) is 23.5 Å². The first-order chi connectivity index (χ1) is 7.60. The minimum atomic E-state index is -1.36. The summed E-state index contributed by atoms with van der Waals surface area (Å²) < 4.78 is 4.95. The van der Waals surface area contributed by atoms with Crippen LogP contribution in [-0.2, 0) is 21.6 Å². The van der Waals surface area contributed by atoms with Crippen LogP contribution >= 0.6 is 11.3 Å². The van der Waals surface area contributed by atoms with Crippen LogP contribution in [0.2, 0.25) is 0 Å². The number of nitrogens with zero attached hydrogens (tertiary/aromatic N) is 1. The van der Waals surface area contributed by atoms with E-state index in [1.54, 1.807) is 7.11 Å². The number of methoxy groups -OCH3 is 1. The molecule has 1 aromatic heterocycles. The molecule has 6 heteroatoms. The van der Waals surface area contributed by atoms with Gasteiger partial charge in [0.25, 0.3) is 0 Å². The summed E-state index contributed by atoms with van der Waals surface area (Å²) in [4.78, 5) is 15.1. The molecule has 1 aliphatic rings. The van der Waals surface area contributed by atoms with Crippen molar-refractivity contribution in [2.45, 2.75) is 31.0 Å². The highest BCUT2D eigenvalue weighted by Gasteiger charge is 2.55. The second-order valence-corrected chi connectivity index (χ2v) is 4.90. The maximum absolute atomic E-state index is 10.8. The fraction of sp³-hybridized carbons (Fsp3) is 0.600. The lowest BCUT2D eigenvalue weighted by atomic mass is 9.96. The molecule has 2 N–H and O–H groups in total. The molecule has 16 heavy (non-hydrogen) atoms. The van der Waals surface area contributed by atoms with Gasteiger partial charge in [0.2, 0.25) is 0 Å². The Bertz CT molecular complexity index is 399. The van der Waals surface area contributed by atoms with E-state index in [9.17, 15) is 9.90 Å². The van der Waals surface area contributed by atoms with Gasteiger partial charge in [0.15, 0.2) is 6.10 Å². The van der Waals surface area contributed by atoms with E-state index in [0.717, 1.165) is 5.01 Å². The summed E-state index contributed by atoms with van der Waals surface area (Å²) in [5.41, 5.74) is 0.0216. The van der Waals surface area contributed by atoms with Crippen molar-refractivity contribution in [1.82, 2.24) is 4.98 Å². The van der Waals surface area contributed by atoms with Crippen molar-refractivity contribution in [1.29, 1.82) is 0 Å². The van der Waals surface area contributed by atoms with Crippen LogP contribution in [0.3, 0.4) is 0 Å². The normalized spacial score (nSPS) is 19.4. The van der Waals surface area contributed by atoms with E-state index in [2.05, 4.69) is 4.98 Å². The largest absolute Gasteiger partial charge is 0.479 e. The van der Waals surface area contributed by atoms with Gasteiger partial charge in [-0.25, -0.2) is 9.78 Å². The third-order valence-electron chi connectivity index (χ3n) is 2.88. The molecule has 0 aromatic carbocycles. The van der Waals surface area contributed by atoms with Gasteiger partial charge in [0.05, 0.1) is 17.7 Å². The summed E-state index contributed by atoms with van der Waals surface area (Å²) in [5.74, 6) is -1.18. The van der Waals surface area contributed by atoms with Crippen LogP contribution < -0.4 is 0 Å². The number of aromatic nitrogens is 1. The Morgan fingerprint density at radius 3 is 2.94 bits per heavy atom. The van der Waals surface area contributed by atoms with Crippen LogP contribution in [0.15, 0.2) is 5.38 Å². The van der Waals surface area contributed by atoms with Gasteiger partial charge < -0.3 is 14.9 Å². The van der Waals surface area contributed by atoms with E-state index in [-0.39, 0.29) is 0 Å². The molecule has 1 aromatic rings. The molecule has 0 spiro atoms. The second-order valence-electron chi connectivity index (χ2n) is 3.96. The van der Waals surface area contributed by atoms with Gasteiger partial charge in [-0.1, -0.05) is 0 Å². The fourth-order valence-electron chi connectivity index (χ4n) is 1.77. The van der Waals surface area contributed by atoms with Gasteiger partial charge in [0, 0.05) is 12.5 Å². The van der Waals surface area contributed by atoms with Crippen LogP contribution in [-0.4, -0.2) is 34.4 Å². The summed E-state index contributed by atoms with van der Waals surface area (Å²) in [7, 11) is 1.58. The Morgan fingerprint density at radius 1 is 1.75 bits per heavy atom. The highest BCUT2D eigenvalue weighted by Crippen LogP contribution is 2.51. The molecule has 1 saturated carbocycles. The standard InChI is InChI=1S/C10H13NO4S/c1-15-4-7-11-6(5-16-7)10(2-3-10)8(12)9(13)14/h5,8,12H,2-4H2,1H3,(H,13,14). The molecule has 1 aliphatic carbocycles. The quantitative estimate of drug-likeness (QED) is 0.798. The first-order valence-electron chi connectivity index (χ1n) is 4.95. The highest BCUT2D eigenvalue weighted by molar-refractivity contribution is 7.09. The number of ether oxygens (including phenoxy) is 1. The number of aliphatic hydroxyl groups is 1. The monoisotopic (exact) mass is 243 g/mol. The number of carbonyl (C=O) groups is 1. The van der Waals surface area contributed by atoms with Crippen molar-refractivity contribution in [3.05, 3.63) is 16.1 Å². The summed E-state index contributed by atoms with van der Waals surface area (Å²) in [6, 6.07) is 0. The molecule has 1 fully saturated rings. The Hall–Kier alpha value is -0.980. The number of thiazole rings is 1. The zero-order valence-corrected chi connectivity index (χ0v) is 9.66. The summed E-state index contributed by atoms with van der Waals surface area (Å²) >= 11 is 1.43. The van der Waals surface area contributed by atoms with Gasteiger partial charge in [-0.05, 0) is 12.8 Å². The van der Waals surface area contributed by atoms with Gasteiger partial charge in [-0.2, -0.15) is 0 Å². The molecule has 1 atom stereocenters. The van der Waals surface area contributed by atoms with Gasteiger partial charge in [-0.3, -0.25) is 0 Å². The topological polar surface area (TPSA) is 79.7 Å². The number of aliphatic hydroxyl groups excluding tert-OH is 1. The van der Waals surface area contributed by atoms with E-state index in [0.29, 0.717) is 25.1 Å². The summed E-state index contributed by atoms with van der Waals surface area (Å²) in [6.45, 7) is 0.421. The molecule has 2 rings (SSSR count). The van der Waals surface area contributed by atoms with Gasteiger partial charge in [-0.15, -0.1) is 11.3 Å². The van der Waals surface area contributed by atoms with E-state index < -0.39 is 17.5 Å². The average Bonchev–Trinajstić information content (AvgIpc) is 2.93. The molecule has 0 radical (unpaired) electrons. The Kier molecular flexibility index (Phi) is 2.96. The van der Waals surface area contributed by atoms with Crippen molar-refractivity contribution < 1.29 is 19.7 Å². The van der Waals surface area contributed by atoms with Crippen LogP contribution in [0, 0.1) is 0 Å². The van der Waals surface area contributed by atoms with E-state index in [1.807, 2.05) is 5.38 Å². The van der Waals surface area contributed by atoms with Gasteiger partial charge in [0.1, 0.15) is 5.01 Å². The minimum absolute atomic E-state index is 0.421. The molecule has 0 bridgehead atoms. The number of rotatable bonds is 5. The highest BCUT2D eigenvalue weighted by atomic mass is 32.1. The SMILES string of the molecule is COCc1nc(C2(C(O)C(=O)O)CC2)cs1. The molecule has 0 aliphatic heterocycles. The first kappa shape index (κ1) is 11.5. The number of aliphatic carboxylic acids is 1. The zero-order chi connectivity index (χ0) is 11.8. The molecule has 88 valence electrons. The molecule has 0 saturated heterocycles. The predicted octanol–water partition coefficient (Wildman–Crippen LogP) is 0.767. The average molecular weight is 243 g/mol. The van der Waals surface area contributed by atoms with Crippen molar-refractivity contribution in [3.63, 3.8) is 0 Å². The lowest BCUT2D eigenvalue weighted by Gasteiger charge is -2.15. The minimum Gasteiger partial charge on any atom is -0.479 e. The van der Waals surface area contributed by atoms with Crippen molar-refractivity contribution in [2.75, 3.05) is 7.11 Å². The molecular formula is C10H13NO4S. The maximum Gasteiger partial charge on any atom is 0.333 e. The fourth-order valence-corrected chi connectivity index (χ4v) is 2.64. The Morgan fingerprint density at radius 2 is 2.44 bits per heavy atom. The van der Waals surface area contributed by atoms with Crippen LogP contribution in [0.25, 0.3) is 0 Å². The number of carboxylic acids is 1. The van der Waals surface area contributed by atoms with Crippen LogP contribution in [0.4, 0.5) is 0 Å². The summed E-state index contributed by atoms with van der Waals surface area (Å²) in [6.07, 6.45) is -0.00208. The van der Waals surface area contributed by atoms with Crippen molar-refractivity contribution in [2.24, 2.45) is 0 Å².